The van der Waals surface area contributed by atoms with Crippen LogP contribution in [0.2, 0.25) is 0 Å². The monoisotopic (exact) mass is 478 g/mol. The number of amides is 1. The first kappa shape index (κ1) is 23.0. The second-order valence-corrected chi connectivity index (χ2v) is 9.37. The summed E-state index contributed by atoms with van der Waals surface area (Å²) in [5.41, 5.74) is 1.54. The maximum Gasteiger partial charge on any atom is 0.316 e. The summed E-state index contributed by atoms with van der Waals surface area (Å²) in [6.07, 6.45) is 0. The number of fused-ring (bicyclic) bond motifs is 1. The third kappa shape index (κ3) is 4.62. The van der Waals surface area contributed by atoms with Crippen molar-refractivity contribution in [2.75, 3.05) is 10.0 Å². The van der Waals surface area contributed by atoms with Crippen molar-refractivity contribution in [2.24, 2.45) is 0 Å². The van der Waals surface area contributed by atoms with Crippen LogP contribution < -0.4 is 21.2 Å². The van der Waals surface area contributed by atoms with Crippen LogP contribution in [0, 0.1) is 6.92 Å². The summed E-state index contributed by atoms with van der Waals surface area (Å²) in [5, 5.41) is 2.73. The molecule has 0 spiro atoms. The molecule has 1 amide bonds. The molecule has 9 nitrogen and oxygen atoms in total. The van der Waals surface area contributed by atoms with Gasteiger partial charge in [-0.25, -0.2) is 8.42 Å². The normalized spacial score (nSPS) is 11.4. The number of aromatic nitrogens is 2. The Bertz CT molecular complexity index is 1600. The van der Waals surface area contributed by atoms with E-state index in [0.717, 1.165) is 5.56 Å². The van der Waals surface area contributed by atoms with E-state index >= 15 is 0 Å². The number of hydrogen-bond donors (Lipinski definition) is 3. The SMILES string of the molecule is CCn1c(=O)c(=O)[nH]c2cc(C(=O)Nc3ccc(NS(=O)(=O)c4ccc(C)cc4)cc3)ccc21. The summed E-state index contributed by atoms with van der Waals surface area (Å²) in [4.78, 5) is 39.2. The molecule has 0 aliphatic heterocycles. The fourth-order valence-electron chi connectivity index (χ4n) is 3.49. The number of H-pyrrole nitrogens is 1. The van der Waals surface area contributed by atoms with Gasteiger partial charge >= 0.3 is 11.1 Å². The van der Waals surface area contributed by atoms with Crippen LogP contribution in [0.1, 0.15) is 22.8 Å². The largest absolute Gasteiger partial charge is 0.322 e. The maximum atomic E-state index is 12.7. The molecule has 4 aromatic rings. The van der Waals surface area contributed by atoms with Gasteiger partial charge in [0.25, 0.3) is 15.9 Å². The quantitative estimate of drug-likeness (QED) is 0.367. The molecule has 1 heterocycles. The van der Waals surface area contributed by atoms with Crippen molar-refractivity contribution >= 4 is 38.3 Å². The lowest BCUT2D eigenvalue weighted by atomic mass is 10.1. The van der Waals surface area contributed by atoms with Crippen molar-refractivity contribution in [2.45, 2.75) is 25.3 Å². The Hall–Kier alpha value is -4.18. The number of aromatic amines is 1. The summed E-state index contributed by atoms with van der Waals surface area (Å²) in [6.45, 7) is 3.95. The van der Waals surface area contributed by atoms with Crippen molar-refractivity contribution in [1.29, 1.82) is 0 Å². The Morgan fingerprint density at radius 2 is 1.59 bits per heavy atom. The van der Waals surface area contributed by atoms with Crippen LogP contribution in [0.4, 0.5) is 11.4 Å². The molecule has 0 saturated carbocycles. The van der Waals surface area contributed by atoms with E-state index < -0.39 is 27.0 Å². The Morgan fingerprint density at radius 3 is 2.24 bits per heavy atom. The standard InChI is InChI=1S/C24H22N4O5S/c1-3-28-21-13-6-16(14-20(21)26-23(30)24(28)31)22(29)25-17-7-9-18(10-8-17)27-34(32,33)19-11-4-15(2)5-12-19/h4-14,27H,3H2,1-2H3,(H,25,29)(H,26,30). The van der Waals surface area contributed by atoms with Gasteiger partial charge in [-0.15, -0.1) is 0 Å². The molecule has 34 heavy (non-hydrogen) atoms. The number of aryl methyl sites for hydroxylation is 2. The summed E-state index contributed by atoms with van der Waals surface area (Å²) >= 11 is 0. The highest BCUT2D eigenvalue weighted by atomic mass is 32.2. The number of carbonyl (C=O) groups excluding carboxylic acids is 1. The predicted molar refractivity (Wildman–Crippen MR) is 131 cm³/mol. The number of nitrogens with one attached hydrogen (secondary N) is 3. The van der Waals surface area contributed by atoms with Crippen molar-refractivity contribution in [3.05, 3.63) is 98.6 Å². The Morgan fingerprint density at radius 1 is 0.941 bits per heavy atom. The van der Waals surface area contributed by atoms with Crippen molar-refractivity contribution in [1.82, 2.24) is 9.55 Å². The van der Waals surface area contributed by atoms with E-state index in [1.54, 1.807) is 55.5 Å². The topological polar surface area (TPSA) is 130 Å². The Kier molecular flexibility index (Phi) is 6.08. The first-order chi connectivity index (χ1) is 16.2. The number of rotatable bonds is 6. The highest BCUT2D eigenvalue weighted by Gasteiger charge is 2.14. The third-order valence-electron chi connectivity index (χ3n) is 5.28. The number of anilines is 2. The molecule has 1 aromatic heterocycles. The van der Waals surface area contributed by atoms with E-state index in [0.29, 0.717) is 29.0 Å². The first-order valence-corrected chi connectivity index (χ1v) is 11.9. The molecule has 0 aliphatic carbocycles. The van der Waals surface area contributed by atoms with Crippen molar-refractivity contribution in [3.8, 4) is 0 Å². The van der Waals surface area contributed by atoms with E-state index in [-0.39, 0.29) is 10.5 Å². The minimum absolute atomic E-state index is 0.151. The minimum Gasteiger partial charge on any atom is -0.322 e. The van der Waals surface area contributed by atoms with Crippen LogP contribution >= 0.6 is 0 Å². The Balaban J connectivity index is 1.51. The number of carbonyl (C=O) groups is 1. The molecule has 0 saturated heterocycles. The summed E-state index contributed by atoms with van der Waals surface area (Å²) in [5.74, 6) is -0.426. The predicted octanol–water partition coefficient (Wildman–Crippen LogP) is 3.07. The van der Waals surface area contributed by atoms with E-state index in [2.05, 4.69) is 15.0 Å². The summed E-state index contributed by atoms with van der Waals surface area (Å²) in [6, 6.07) is 17.4. The zero-order valence-electron chi connectivity index (χ0n) is 18.5. The van der Waals surface area contributed by atoms with Crippen molar-refractivity contribution < 1.29 is 13.2 Å². The van der Waals surface area contributed by atoms with Crippen LogP contribution in [-0.2, 0) is 16.6 Å². The second-order valence-electron chi connectivity index (χ2n) is 7.69. The maximum absolute atomic E-state index is 12.7. The van der Waals surface area contributed by atoms with Gasteiger partial charge in [-0.3, -0.25) is 19.1 Å². The van der Waals surface area contributed by atoms with E-state index in [9.17, 15) is 22.8 Å². The average Bonchev–Trinajstić information content (AvgIpc) is 2.81. The zero-order chi connectivity index (χ0) is 24.5. The molecule has 0 aliphatic rings. The molecule has 174 valence electrons. The van der Waals surface area contributed by atoms with Gasteiger partial charge in [-0.1, -0.05) is 17.7 Å². The van der Waals surface area contributed by atoms with Gasteiger partial charge in [0.1, 0.15) is 0 Å². The first-order valence-electron chi connectivity index (χ1n) is 10.5. The van der Waals surface area contributed by atoms with Gasteiger partial charge in [0.2, 0.25) is 0 Å². The highest BCUT2D eigenvalue weighted by Crippen LogP contribution is 2.20. The van der Waals surface area contributed by atoms with Gasteiger partial charge in [0, 0.05) is 23.5 Å². The molecular weight excluding hydrogens is 456 g/mol. The van der Waals surface area contributed by atoms with Crippen LogP contribution in [0.15, 0.2) is 81.2 Å². The number of nitrogens with zero attached hydrogens (tertiary/aromatic N) is 1. The van der Waals surface area contributed by atoms with Crippen LogP contribution in [0.25, 0.3) is 11.0 Å². The number of sulfonamides is 1. The van der Waals surface area contributed by atoms with E-state index in [1.165, 1.54) is 22.8 Å². The van der Waals surface area contributed by atoms with Gasteiger partial charge in [-0.05, 0) is 68.4 Å². The van der Waals surface area contributed by atoms with Crippen LogP contribution in [-0.4, -0.2) is 23.9 Å². The molecule has 3 N–H and O–H groups in total. The van der Waals surface area contributed by atoms with Gasteiger partial charge in [0.05, 0.1) is 15.9 Å². The minimum atomic E-state index is -3.73. The van der Waals surface area contributed by atoms with Crippen molar-refractivity contribution in [3.63, 3.8) is 0 Å². The molecule has 0 atom stereocenters. The molecule has 3 aromatic carbocycles. The van der Waals surface area contributed by atoms with Gasteiger partial charge in [0.15, 0.2) is 0 Å². The number of hydrogen-bond acceptors (Lipinski definition) is 5. The lowest BCUT2D eigenvalue weighted by Gasteiger charge is -2.11. The lowest BCUT2D eigenvalue weighted by Crippen LogP contribution is -2.36. The molecule has 0 unspecified atom stereocenters. The van der Waals surface area contributed by atoms with Gasteiger partial charge in [-0.2, -0.15) is 0 Å². The molecule has 10 heteroatoms. The molecule has 0 bridgehead atoms. The summed E-state index contributed by atoms with van der Waals surface area (Å²) in [7, 11) is -3.73. The highest BCUT2D eigenvalue weighted by molar-refractivity contribution is 7.92. The average molecular weight is 479 g/mol. The zero-order valence-corrected chi connectivity index (χ0v) is 19.3. The molecule has 4 rings (SSSR count). The fraction of sp³-hybridized carbons (Fsp3) is 0.125. The summed E-state index contributed by atoms with van der Waals surface area (Å²) < 4.78 is 28.9. The second kappa shape index (κ2) is 8.99. The third-order valence-corrected chi connectivity index (χ3v) is 6.68. The Labute approximate surface area is 195 Å². The molecular formula is C24H22N4O5S. The van der Waals surface area contributed by atoms with Gasteiger partial charge < -0.3 is 14.9 Å². The van der Waals surface area contributed by atoms with E-state index in [4.69, 9.17) is 0 Å². The lowest BCUT2D eigenvalue weighted by molar-refractivity contribution is 0.102. The smallest absolute Gasteiger partial charge is 0.316 e. The molecule has 0 fully saturated rings. The number of benzene rings is 3. The van der Waals surface area contributed by atoms with E-state index in [1.807, 2.05) is 6.92 Å². The molecule has 0 radical (unpaired) electrons. The fourth-order valence-corrected chi connectivity index (χ4v) is 4.55. The van der Waals surface area contributed by atoms with Crippen LogP contribution in [0.5, 0.6) is 0 Å². The van der Waals surface area contributed by atoms with Crippen LogP contribution in [0.3, 0.4) is 0 Å².